The summed E-state index contributed by atoms with van der Waals surface area (Å²) >= 11 is 0. The van der Waals surface area contributed by atoms with Crippen molar-refractivity contribution >= 4 is 15.7 Å². The smallest absolute Gasteiger partial charge is 0.334 e. The minimum absolute atomic E-state index is 0.0252. The van der Waals surface area contributed by atoms with Crippen LogP contribution in [0.3, 0.4) is 0 Å². The first-order chi connectivity index (χ1) is 7.54. The van der Waals surface area contributed by atoms with Gasteiger partial charge in [-0.25, -0.2) is 8.42 Å². The molecule has 1 aliphatic carbocycles. The minimum atomic E-state index is -4.83. The van der Waals surface area contributed by atoms with Gasteiger partial charge in [0, 0.05) is 24.8 Å². The topological polar surface area (TPSA) is 54.5 Å². The number of carbonyl (C=O) groups is 1. The zero-order chi connectivity index (χ0) is 13.1. The van der Waals surface area contributed by atoms with Crippen LogP contribution >= 0.6 is 0 Å². The number of hydrogen-bond donors (Lipinski definition) is 0. The Balaban J connectivity index is 1.88. The lowest BCUT2D eigenvalue weighted by Crippen LogP contribution is -2.67. The van der Waals surface area contributed by atoms with Gasteiger partial charge in [-0.3, -0.25) is 4.79 Å². The van der Waals surface area contributed by atoms with E-state index < -0.39 is 27.2 Å². The molecule has 0 unspecified atom stereocenters. The fourth-order valence-corrected chi connectivity index (χ4v) is 3.87. The van der Waals surface area contributed by atoms with Gasteiger partial charge in [-0.2, -0.15) is 13.2 Å². The van der Waals surface area contributed by atoms with Crippen molar-refractivity contribution in [1.29, 1.82) is 0 Å². The van der Waals surface area contributed by atoms with E-state index in [4.69, 9.17) is 0 Å². The second-order valence-electron chi connectivity index (χ2n) is 5.02. The number of likely N-dealkylation sites (tertiary alicyclic amines) is 1. The van der Waals surface area contributed by atoms with E-state index in [0.29, 0.717) is 12.8 Å². The SMILES string of the molecule is CS(=O)(=O)C1CC2(C1)CN(C(=O)C(F)(F)F)C2. The third-order valence-corrected chi connectivity index (χ3v) is 5.05. The highest BCUT2D eigenvalue weighted by molar-refractivity contribution is 7.91. The molecule has 0 radical (unpaired) electrons. The van der Waals surface area contributed by atoms with Gasteiger partial charge in [0.05, 0.1) is 5.25 Å². The summed E-state index contributed by atoms with van der Waals surface area (Å²) in [5.74, 6) is -1.83. The third kappa shape index (κ3) is 2.14. The lowest BCUT2D eigenvalue weighted by molar-refractivity contribution is -0.200. The van der Waals surface area contributed by atoms with Crippen molar-refractivity contribution in [3.05, 3.63) is 0 Å². The molecule has 1 saturated carbocycles. The highest BCUT2D eigenvalue weighted by Gasteiger charge is 2.59. The van der Waals surface area contributed by atoms with Crippen LogP contribution in [0, 0.1) is 5.41 Å². The lowest BCUT2D eigenvalue weighted by Gasteiger charge is -2.58. The number of nitrogens with zero attached hydrogens (tertiary/aromatic N) is 1. The summed E-state index contributed by atoms with van der Waals surface area (Å²) in [5.41, 5.74) is -0.380. The normalized spacial score (nSPS) is 24.4. The Morgan fingerprint density at radius 3 is 2.12 bits per heavy atom. The van der Waals surface area contributed by atoms with Crippen molar-refractivity contribution in [2.75, 3.05) is 19.3 Å². The first kappa shape index (κ1) is 12.7. The number of sulfone groups is 1. The van der Waals surface area contributed by atoms with Crippen LogP contribution in [0.25, 0.3) is 0 Å². The molecule has 1 amide bonds. The average Bonchev–Trinajstić information content (AvgIpc) is 1.93. The van der Waals surface area contributed by atoms with Gasteiger partial charge >= 0.3 is 12.1 Å². The van der Waals surface area contributed by atoms with E-state index >= 15 is 0 Å². The predicted molar refractivity (Wildman–Crippen MR) is 52.9 cm³/mol. The standard InChI is InChI=1S/C9H12F3NO3S/c1-17(15,16)6-2-8(3-6)4-13(5-8)7(14)9(10,11)12/h6H,2-5H2,1H3. The first-order valence-electron chi connectivity index (χ1n) is 5.09. The second kappa shape index (κ2) is 3.37. The molecule has 1 heterocycles. The van der Waals surface area contributed by atoms with Crippen molar-refractivity contribution < 1.29 is 26.4 Å². The summed E-state index contributed by atoms with van der Waals surface area (Å²) in [6.07, 6.45) is -2.97. The van der Waals surface area contributed by atoms with E-state index in [0.717, 1.165) is 11.2 Å². The molecule has 2 aliphatic rings. The Morgan fingerprint density at radius 2 is 1.76 bits per heavy atom. The van der Waals surface area contributed by atoms with Gasteiger partial charge in [0.25, 0.3) is 0 Å². The maximum absolute atomic E-state index is 12.1. The summed E-state index contributed by atoms with van der Waals surface area (Å²) < 4.78 is 58.5. The lowest BCUT2D eigenvalue weighted by atomic mass is 9.63. The fraction of sp³-hybridized carbons (Fsp3) is 0.889. The number of amides is 1. The maximum atomic E-state index is 12.1. The van der Waals surface area contributed by atoms with Crippen LogP contribution in [-0.4, -0.2) is 50.0 Å². The van der Waals surface area contributed by atoms with Gasteiger partial charge < -0.3 is 4.90 Å². The van der Waals surface area contributed by atoms with Crippen LogP contribution in [-0.2, 0) is 14.6 Å². The first-order valence-corrected chi connectivity index (χ1v) is 7.04. The summed E-state index contributed by atoms with van der Waals surface area (Å²) in [6, 6.07) is 0. The minimum Gasteiger partial charge on any atom is -0.334 e. The van der Waals surface area contributed by atoms with Gasteiger partial charge in [0.2, 0.25) is 0 Å². The Bertz CT molecular complexity index is 443. The summed E-state index contributed by atoms with van der Waals surface area (Å²) in [6.45, 7) is 0.0503. The van der Waals surface area contributed by atoms with Gasteiger partial charge in [-0.05, 0) is 12.8 Å². The Hall–Kier alpha value is -0.790. The Morgan fingerprint density at radius 1 is 1.29 bits per heavy atom. The molecule has 4 nitrogen and oxygen atoms in total. The molecule has 17 heavy (non-hydrogen) atoms. The Kier molecular flexibility index (Phi) is 2.51. The van der Waals surface area contributed by atoms with E-state index in [1.807, 2.05) is 0 Å². The van der Waals surface area contributed by atoms with Crippen molar-refractivity contribution in [3.8, 4) is 0 Å². The van der Waals surface area contributed by atoms with Crippen LogP contribution in [0.4, 0.5) is 13.2 Å². The molecular weight excluding hydrogens is 259 g/mol. The second-order valence-corrected chi connectivity index (χ2v) is 7.34. The summed E-state index contributed by atoms with van der Waals surface area (Å²) in [5, 5.41) is -0.453. The monoisotopic (exact) mass is 271 g/mol. The maximum Gasteiger partial charge on any atom is 0.471 e. The summed E-state index contributed by atoms with van der Waals surface area (Å²) in [7, 11) is -3.11. The molecule has 8 heteroatoms. The van der Waals surface area contributed by atoms with E-state index in [2.05, 4.69) is 0 Å². The average molecular weight is 271 g/mol. The molecule has 98 valence electrons. The molecule has 1 saturated heterocycles. The molecule has 0 bridgehead atoms. The van der Waals surface area contributed by atoms with E-state index in [9.17, 15) is 26.4 Å². The van der Waals surface area contributed by atoms with Crippen molar-refractivity contribution in [3.63, 3.8) is 0 Å². The highest BCUT2D eigenvalue weighted by atomic mass is 32.2. The number of hydrogen-bond acceptors (Lipinski definition) is 3. The molecule has 0 aromatic carbocycles. The largest absolute Gasteiger partial charge is 0.471 e. The number of halogens is 3. The van der Waals surface area contributed by atoms with Gasteiger partial charge in [-0.15, -0.1) is 0 Å². The van der Waals surface area contributed by atoms with Gasteiger partial charge in [0.15, 0.2) is 0 Å². The molecule has 2 fully saturated rings. The number of alkyl halides is 3. The number of rotatable bonds is 1. The van der Waals surface area contributed by atoms with Crippen LogP contribution in [0.2, 0.25) is 0 Å². The summed E-state index contributed by atoms with van der Waals surface area (Å²) in [4.78, 5) is 11.6. The predicted octanol–water partition coefficient (Wildman–Crippen LogP) is 0.584. The highest BCUT2D eigenvalue weighted by Crippen LogP contribution is 2.51. The van der Waals surface area contributed by atoms with Crippen molar-refractivity contribution in [2.45, 2.75) is 24.3 Å². The number of carbonyl (C=O) groups excluding carboxylic acids is 1. The third-order valence-electron chi connectivity index (χ3n) is 3.51. The molecule has 0 atom stereocenters. The Labute approximate surface area is 96.7 Å². The molecule has 2 rings (SSSR count). The van der Waals surface area contributed by atoms with Crippen LogP contribution in [0.15, 0.2) is 0 Å². The molecule has 0 aromatic heterocycles. The van der Waals surface area contributed by atoms with Gasteiger partial charge in [0.1, 0.15) is 9.84 Å². The quantitative estimate of drug-likeness (QED) is 0.701. The molecule has 1 spiro atoms. The van der Waals surface area contributed by atoms with E-state index in [-0.39, 0.29) is 18.5 Å². The molecular formula is C9H12F3NO3S. The van der Waals surface area contributed by atoms with E-state index in [1.54, 1.807) is 0 Å². The van der Waals surface area contributed by atoms with Crippen molar-refractivity contribution in [1.82, 2.24) is 4.90 Å². The fourth-order valence-electron chi connectivity index (χ4n) is 2.55. The zero-order valence-corrected chi connectivity index (χ0v) is 9.94. The molecule has 1 aliphatic heterocycles. The van der Waals surface area contributed by atoms with E-state index in [1.165, 1.54) is 0 Å². The van der Waals surface area contributed by atoms with Crippen LogP contribution < -0.4 is 0 Å². The van der Waals surface area contributed by atoms with Crippen molar-refractivity contribution in [2.24, 2.45) is 5.41 Å². The zero-order valence-electron chi connectivity index (χ0n) is 9.12. The van der Waals surface area contributed by atoms with Crippen LogP contribution in [0.1, 0.15) is 12.8 Å². The molecule has 0 aromatic rings. The van der Waals surface area contributed by atoms with Gasteiger partial charge in [-0.1, -0.05) is 0 Å². The molecule has 0 N–H and O–H groups in total. The van der Waals surface area contributed by atoms with Crippen LogP contribution in [0.5, 0.6) is 0 Å².